The second kappa shape index (κ2) is 8.97. The number of amides is 1. The number of carbonyl (C=O) groups excluding carboxylic acids is 1. The number of rotatable bonds is 9. The molecule has 0 aliphatic carbocycles. The molecule has 10 heteroatoms. The molecule has 24 heavy (non-hydrogen) atoms. The van der Waals surface area contributed by atoms with Crippen LogP contribution < -0.4 is 10.0 Å². The third kappa shape index (κ3) is 7.26. The Morgan fingerprint density at radius 3 is 2.54 bits per heavy atom. The second-order valence-corrected chi connectivity index (χ2v) is 7.44. The van der Waals surface area contributed by atoms with E-state index in [1.165, 1.54) is 18.2 Å². The van der Waals surface area contributed by atoms with Crippen molar-refractivity contribution in [3.05, 3.63) is 28.8 Å². The number of benzene rings is 1. The van der Waals surface area contributed by atoms with Crippen LogP contribution in [0, 0.1) is 0 Å². The topological polar surface area (TPSA) is 122 Å². The van der Waals surface area contributed by atoms with E-state index in [2.05, 4.69) is 10.0 Å². The van der Waals surface area contributed by atoms with Crippen LogP contribution >= 0.6 is 11.6 Å². The molecule has 1 aromatic rings. The van der Waals surface area contributed by atoms with E-state index in [9.17, 15) is 18.0 Å². The standard InChI is InChI=1S/C14H19ClN2O6S/c1-9(2)23-5-6-24(21,22)16-8-13(18)17-10-3-4-11(14(19)20)12(15)7-10/h3-4,7,9,16H,5-6,8H2,1-2H3,(H,17,18)(H,19,20). The van der Waals surface area contributed by atoms with Crippen LogP contribution in [0.5, 0.6) is 0 Å². The highest BCUT2D eigenvalue weighted by Gasteiger charge is 2.14. The molecule has 0 aliphatic heterocycles. The maximum Gasteiger partial charge on any atom is 0.337 e. The van der Waals surface area contributed by atoms with Crippen LogP contribution in [-0.2, 0) is 19.6 Å². The van der Waals surface area contributed by atoms with Crippen LogP contribution in [0.2, 0.25) is 5.02 Å². The van der Waals surface area contributed by atoms with Crippen LogP contribution in [-0.4, -0.2) is 50.4 Å². The van der Waals surface area contributed by atoms with E-state index < -0.39 is 28.4 Å². The lowest BCUT2D eigenvalue weighted by atomic mass is 10.2. The zero-order valence-electron chi connectivity index (χ0n) is 13.2. The zero-order chi connectivity index (χ0) is 18.3. The van der Waals surface area contributed by atoms with Crippen LogP contribution in [0.3, 0.4) is 0 Å². The Kier molecular flexibility index (Phi) is 7.61. The Bertz CT molecular complexity index is 705. The highest BCUT2D eigenvalue weighted by molar-refractivity contribution is 7.89. The number of halogens is 1. The number of sulfonamides is 1. The Balaban J connectivity index is 2.52. The van der Waals surface area contributed by atoms with Crippen molar-refractivity contribution in [1.29, 1.82) is 0 Å². The lowest BCUT2D eigenvalue weighted by Gasteiger charge is -2.10. The molecule has 1 amide bonds. The van der Waals surface area contributed by atoms with Gasteiger partial charge in [-0.1, -0.05) is 11.6 Å². The molecule has 1 rings (SSSR count). The Morgan fingerprint density at radius 2 is 2.00 bits per heavy atom. The summed E-state index contributed by atoms with van der Waals surface area (Å²) in [6, 6.07) is 3.87. The van der Waals surface area contributed by atoms with Crippen LogP contribution in [0.4, 0.5) is 5.69 Å². The fourth-order valence-electron chi connectivity index (χ4n) is 1.61. The van der Waals surface area contributed by atoms with Gasteiger partial charge in [-0.25, -0.2) is 17.9 Å². The quantitative estimate of drug-likeness (QED) is 0.595. The summed E-state index contributed by atoms with van der Waals surface area (Å²) < 4.78 is 30.7. The SMILES string of the molecule is CC(C)OCCS(=O)(=O)NCC(=O)Nc1ccc(C(=O)O)c(Cl)c1. The maximum atomic E-state index is 11.7. The molecule has 0 spiro atoms. The third-order valence-corrected chi connectivity index (χ3v) is 4.34. The van der Waals surface area contributed by atoms with E-state index in [0.29, 0.717) is 0 Å². The summed E-state index contributed by atoms with van der Waals surface area (Å²) in [4.78, 5) is 22.6. The number of carboxylic acid groups (broad SMARTS) is 1. The van der Waals surface area contributed by atoms with Crippen molar-refractivity contribution in [2.75, 3.05) is 24.2 Å². The van der Waals surface area contributed by atoms with Gasteiger partial charge in [0.1, 0.15) is 0 Å². The van der Waals surface area contributed by atoms with Crippen molar-refractivity contribution in [2.24, 2.45) is 0 Å². The van der Waals surface area contributed by atoms with Crippen molar-refractivity contribution in [1.82, 2.24) is 4.72 Å². The lowest BCUT2D eigenvalue weighted by molar-refractivity contribution is -0.115. The van der Waals surface area contributed by atoms with E-state index >= 15 is 0 Å². The fourth-order valence-corrected chi connectivity index (χ4v) is 2.69. The Morgan fingerprint density at radius 1 is 1.33 bits per heavy atom. The van der Waals surface area contributed by atoms with Crippen LogP contribution in [0.15, 0.2) is 18.2 Å². The molecule has 0 heterocycles. The predicted octanol–water partition coefficient (Wildman–Crippen LogP) is 1.32. The van der Waals surface area contributed by atoms with E-state index in [4.69, 9.17) is 21.4 Å². The summed E-state index contributed by atoms with van der Waals surface area (Å²) in [6.07, 6.45) is -0.0815. The number of ether oxygens (including phenoxy) is 1. The first-order valence-electron chi connectivity index (χ1n) is 7.02. The summed E-state index contributed by atoms with van der Waals surface area (Å²) in [5.41, 5.74) is 0.165. The average molecular weight is 379 g/mol. The minimum Gasteiger partial charge on any atom is -0.478 e. The van der Waals surface area contributed by atoms with Gasteiger partial charge in [0, 0.05) is 5.69 Å². The van der Waals surface area contributed by atoms with Crippen LogP contribution in [0.1, 0.15) is 24.2 Å². The molecule has 0 saturated carbocycles. The minimum absolute atomic E-state index is 0.0286. The number of aromatic carboxylic acids is 1. The fraction of sp³-hybridized carbons (Fsp3) is 0.429. The molecule has 0 fully saturated rings. The zero-order valence-corrected chi connectivity index (χ0v) is 14.8. The van der Waals surface area contributed by atoms with Gasteiger partial charge < -0.3 is 15.2 Å². The largest absolute Gasteiger partial charge is 0.478 e. The van der Waals surface area contributed by atoms with Gasteiger partial charge in [-0.2, -0.15) is 0 Å². The van der Waals surface area contributed by atoms with Crippen molar-refractivity contribution >= 4 is 39.2 Å². The number of hydrogen-bond acceptors (Lipinski definition) is 5. The van der Waals surface area contributed by atoms with Crippen molar-refractivity contribution in [3.8, 4) is 0 Å². The average Bonchev–Trinajstić information content (AvgIpc) is 2.44. The van der Waals surface area contributed by atoms with Crippen LogP contribution in [0.25, 0.3) is 0 Å². The molecule has 0 atom stereocenters. The first-order chi connectivity index (χ1) is 11.1. The summed E-state index contributed by atoms with van der Waals surface area (Å²) >= 11 is 5.78. The summed E-state index contributed by atoms with van der Waals surface area (Å²) in [6.45, 7) is 3.14. The molecule has 0 aromatic heterocycles. The van der Waals surface area contributed by atoms with Crippen molar-refractivity contribution in [3.63, 3.8) is 0 Å². The van der Waals surface area contributed by atoms with Gasteiger partial charge in [0.2, 0.25) is 15.9 Å². The predicted molar refractivity (Wildman–Crippen MR) is 89.9 cm³/mol. The molecule has 0 bridgehead atoms. The van der Waals surface area contributed by atoms with Gasteiger partial charge in [0.15, 0.2) is 0 Å². The Hall–Kier alpha value is -1.68. The molecule has 8 nitrogen and oxygen atoms in total. The number of hydrogen-bond donors (Lipinski definition) is 3. The van der Waals surface area contributed by atoms with Gasteiger partial charge in [-0.05, 0) is 32.0 Å². The molecular formula is C14H19ClN2O6S. The third-order valence-electron chi connectivity index (χ3n) is 2.74. The number of anilines is 1. The number of carboxylic acids is 1. The molecule has 134 valence electrons. The molecule has 0 unspecified atom stereocenters. The highest BCUT2D eigenvalue weighted by Crippen LogP contribution is 2.20. The van der Waals surface area contributed by atoms with Crippen molar-refractivity contribution < 1.29 is 27.9 Å². The second-order valence-electron chi connectivity index (χ2n) is 5.11. The lowest BCUT2D eigenvalue weighted by Crippen LogP contribution is -2.35. The smallest absolute Gasteiger partial charge is 0.337 e. The van der Waals surface area contributed by atoms with Gasteiger partial charge in [0.25, 0.3) is 0 Å². The molecule has 0 radical (unpaired) electrons. The number of carbonyl (C=O) groups is 2. The van der Waals surface area contributed by atoms with Gasteiger partial charge >= 0.3 is 5.97 Å². The van der Waals surface area contributed by atoms with Gasteiger partial charge in [-0.3, -0.25) is 4.79 Å². The van der Waals surface area contributed by atoms with Gasteiger partial charge in [0.05, 0.1) is 35.6 Å². The van der Waals surface area contributed by atoms with E-state index in [-0.39, 0.29) is 34.7 Å². The normalized spacial score (nSPS) is 11.5. The summed E-state index contributed by atoms with van der Waals surface area (Å²) in [7, 11) is -3.63. The molecular weight excluding hydrogens is 360 g/mol. The summed E-state index contributed by atoms with van der Waals surface area (Å²) in [5.74, 6) is -2.05. The van der Waals surface area contributed by atoms with E-state index in [1.807, 2.05) is 0 Å². The Labute approximate surface area is 145 Å². The first-order valence-corrected chi connectivity index (χ1v) is 9.05. The molecule has 0 aliphatic rings. The monoisotopic (exact) mass is 378 g/mol. The van der Waals surface area contributed by atoms with Gasteiger partial charge in [-0.15, -0.1) is 0 Å². The van der Waals surface area contributed by atoms with Crippen molar-refractivity contribution in [2.45, 2.75) is 20.0 Å². The summed E-state index contributed by atoms with van der Waals surface area (Å²) in [5, 5.41) is 11.2. The number of nitrogens with one attached hydrogen (secondary N) is 2. The molecule has 3 N–H and O–H groups in total. The molecule has 0 saturated heterocycles. The minimum atomic E-state index is -3.63. The highest BCUT2D eigenvalue weighted by atomic mass is 35.5. The maximum absolute atomic E-state index is 11.7. The van der Waals surface area contributed by atoms with E-state index in [1.54, 1.807) is 13.8 Å². The van der Waals surface area contributed by atoms with E-state index in [0.717, 1.165) is 0 Å². The first kappa shape index (κ1) is 20.4. The molecule has 1 aromatic carbocycles.